The molecule has 2 heterocycles. The van der Waals surface area contributed by atoms with Crippen LogP contribution in [0, 0.1) is 0 Å². The van der Waals surface area contributed by atoms with E-state index < -0.39 is 10.6 Å². The molecule has 0 saturated heterocycles. The standard InChI is InChI=1S/C20H18O4S2/c1-3-23-26(24-4-2)16-12-8-6-10-14(16)18(22)20(26)19-17(21)13-9-5-7-11-15(13)25-19/h5-12H,3-4H2,1-2H3/b20-19-. The lowest BCUT2D eigenvalue weighted by Gasteiger charge is -2.40. The molecule has 0 bridgehead atoms. The Balaban J connectivity index is 1.98. The zero-order valence-electron chi connectivity index (χ0n) is 14.5. The Morgan fingerprint density at radius 1 is 0.846 bits per heavy atom. The second-order valence-electron chi connectivity index (χ2n) is 5.73. The number of hydrogen-bond acceptors (Lipinski definition) is 5. The summed E-state index contributed by atoms with van der Waals surface area (Å²) in [5.74, 6) is -0.292. The second-order valence-corrected chi connectivity index (χ2v) is 9.11. The lowest BCUT2D eigenvalue weighted by atomic mass is 10.1. The summed E-state index contributed by atoms with van der Waals surface area (Å²) < 4.78 is 12.2. The lowest BCUT2D eigenvalue weighted by molar-refractivity contribution is 0.101. The first-order chi connectivity index (χ1) is 12.6. The summed E-state index contributed by atoms with van der Waals surface area (Å²) >= 11 is 1.34. The molecule has 0 aliphatic carbocycles. The summed E-state index contributed by atoms with van der Waals surface area (Å²) in [5.41, 5.74) is 1.20. The smallest absolute Gasteiger partial charge is 0.212 e. The molecule has 0 amide bonds. The first kappa shape index (κ1) is 17.5. The molecule has 0 unspecified atom stereocenters. The van der Waals surface area contributed by atoms with E-state index in [1.165, 1.54) is 11.8 Å². The molecule has 0 fully saturated rings. The average molecular weight is 386 g/mol. The van der Waals surface area contributed by atoms with E-state index in [-0.39, 0.29) is 11.6 Å². The van der Waals surface area contributed by atoms with Crippen molar-refractivity contribution in [1.82, 2.24) is 0 Å². The number of benzene rings is 2. The Labute approximate surface area is 158 Å². The van der Waals surface area contributed by atoms with Gasteiger partial charge in [0, 0.05) is 16.0 Å². The van der Waals surface area contributed by atoms with Crippen molar-refractivity contribution in [2.24, 2.45) is 0 Å². The largest absolute Gasteiger partial charge is 0.288 e. The van der Waals surface area contributed by atoms with Gasteiger partial charge in [-0.25, -0.2) is 0 Å². The SMILES string of the molecule is CCOS1(OCC)/C(=C2\Sc3ccccc3C2=O)C(=O)c2ccccc21. The molecule has 26 heavy (non-hydrogen) atoms. The number of thioether (sulfide) groups is 1. The third-order valence-electron chi connectivity index (χ3n) is 4.22. The third-order valence-corrected chi connectivity index (χ3v) is 8.52. The Morgan fingerprint density at radius 2 is 1.46 bits per heavy atom. The van der Waals surface area contributed by atoms with Crippen LogP contribution < -0.4 is 0 Å². The maximum absolute atomic E-state index is 13.3. The highest BCUT2D eigenvalue weighted by Crippen LogP contribution is 2.71. The molecule has 0 atom stereocenters. The van der Waals surface area contributed by atoms with Gasteiger partial charge in [0.15, 0.2) is 0 Å². The number of Topliss-reactive ketones (excluding diaryl/α,β-unsaturated/α-hetero) is 2. The van der Waals surface area contributed by atoms with Crippen molar-refractivity contribution in [2.75, 3.05) is 13.2 Å². The fraction of sp³-hybridized carbons (Fsp3) is 0.200. The van der Waals surface area contributed by atoms with E-state index >= 15 is 0 Å². The van der Waals surface area contributed by atoms with Gasteiger partial charge in [-0.3, -0.25) is 18.0 Å². The Hall–Kier alpha value is -1.86. The van der Waals surface area contributed by atoms with Gasteiger partial charge in [0.2, 0.25) is 11.6 Å². The highest BCUT2D eigenvalue weighted by atomic mass is 32.3. The fourth-order valence-electron chi connectivity index (χ4n) is 3.25. The van der Waals surface area contributed by atoms with Gasteiger partial charge in [-0.05, 0) is 38.1 Å². The summed E-state index contributed by atoms with van der Waals surface area (Å²) in [7, 11) is -2.46. The predicted molar refractivity (Wildman–Crippen MR) is 104 cm³/mol. The van der Waals surface area contributed by atoms with Crippen LogP contribution in [0.3, 0.4) is 0 Å². The third kappa shape index (κ3) is 2.41. The molecule has 6 heteroatoms. The molecule has 2 aliphatic heterocycles. The first-order valence-electron chi connectivity index (χ1n) is 8.45. The Morgan fingerprint density at radius 3 is 2.12 bits per heavy atom. The van der Waals surface area contributed by atoms with Crippen LogP contribution >= 0.6 is 22.4 Å². The number of hydrogen-bond donors (Lipinski definition) is 0. The van der Waals surface area contributed by atoms with E-state index in [0.29, 0.717) is 34.2 Å². The molecule has 0 aromatic heterocycles. The second kappa shape index (κ2) is 6.70. The molecule has 4 nitrogen and oxygen atoms in total. The molecule has 4 rings (SSSR count). The lowest BCUT2D eigenvalue weighted by Crippen LogP contribution is -2.13. The summed E-state index contributed by atoms with van der Waals surface area (Å²) in [4.78, 5) is 28.8. The van der Waals surface area contributed by atoms with E-state index in [4.69, 9.17) is 8.37 Å². The van der Waals surface area contributed by atoms with Gasteiger partial charge < -0.3 is 0 Å². The molecule has 2 aliphatic rings. The summed E-state index contributed by atoms with van der Waals surface area (Å²) in [5, 5.41) is 0. The topological polar surface area (TPSA) is 52.6 Å². The van der Waals surface area contributed by atoms with Crippen molar-refractivity contribution >= 4 is 33.9 Å². The molecular weight excluding hydrogens is 368 g/mol. The van der Waals surface area contributed by atoms with Crippen LogP contribution in [0.1, 0.15) is 34.6 Å². The number of rotatable bonds is 4. The van der Waals surface area contributed by atoms with E-state index in [0.717, 1.165) is 9.79 Å². The maximum Gasteiger partial charge on any atom is 0.212 e. The molecule has 0 radical (unpaired) electrons. The highest BCUT2D eigenvalue weighted by Gasteiger charge is 2.48. The predicted octanol–water partition coefficient (Wildman–Crippen LogP) is 5.15. The van der Waals surface area contributed by atoms with E-state index in [1.807, 2.05) is 50.2 Å². The van der Waals surface area contributed by atoms with Crippen LogP contribution in [0.2, 0.25) is 0 Å². The summed E-state index contributed by atoms with van der Waals surface area (Å²) in [6, 6.07) is 14.8. The fourth-order valence-corrected chi connectivity index (χ4v) is 7.57. The van der Waals surface area contributed by atoms with Crippen LogP contribution in [0.4, 0.5) is 0 Å². The minimum absolute atomic E-state index is 0.127. The highest BCUT2D eigenvalue weighted by molar-refractivity contribution is 8.30. The quantitative estimate of drug-likeness (QED) is 0.680. The summed E-state index contributed by atoms with van der Waals surface area (Å²) in [6.45, 7) is 4.53. The van der Waals surface area contributed by atoms with Gasteiger partial charge in [-0.1, -0.05) is 36.0 Å². The van der Waals surface area contributed by atoms with Crippen molar-refractivity contribution in [3.63, 3.8) is 0 Å². The molecule has 2 aromatic carbocycles. The van der Waals surface area contributed by atoms with Crippen LogP contribution in [-0.4, -0.2) is 24.8 Å². The summed E-state index contributed by atoms with van der Waals surface area (Å²) in [6.07, 6.45) is 0. The van der Waals surface area contributed by atoms with Crippen LogP contribution in [-0.2, 0) is 8.37 Å². The normalized spacial score (nSPS) is 21.6. The van der Waals surface area contributed by atoms with Crippen LogP contribution in [0.5, 0.6) is 0 Å². The van der Waals surface area contributed by atoms with E-state index in [1.54, 1.807) is 12.1 Å². The number of carbonyl (C=O) groups excluding carboxylic acids is 2. The monoisotopic (exact) mass is 386 g/mol. The number of ketones is 2. The zero-order valence-corrected chi connectivity index (χ0v) is 16.1. The van der Waals surface area contributed by atoms with Gasteiger partial charge in [0.05, 0.1) is 23.0 Å². The van der Waals surface area contributed by atoms with Crippen molar-refractivity contribution in [1.29, 1.82) is 0 Å². The van der Waals surface area contributed by atoms with Gasteiger partial charge in [-0.2, -0.15) is 0 Å². The van der Waals surface area contributed by atoms with Gasteiger partial charge in [-0.15, -0.1) is 10.6 Å². The molecule has 0 N–H and O–H groups in total. The van der Waals surface area contributed by atoms with Crippen molar-refractivity contribution in [3.05, 3.63) is 69.5 Å². The number of fused-ring (bicyclic) bond motifs is 2. The average Bonchev–Trinajstić information content (AvgIpc) is 3.10. The maximum atomic E-state index is 13.3. The van der Waals surface area contributed by atoms with Crippen molar-refractivity contribution in [2.45, 2.75) is 23.6 Å². The van der Waals surface area contributed by atoms with Crippen molar-refractivity contribution in [3.8, 4) is 0 Å². The first-order valence-corrected chi connectivity index (χ1v) is 10.8. The minimum atomic E-state index is -2.46. The molecule has 0 saturated carbocycles. The minimum Gasteiger partial charge on any atom is -0.288 e. The van der Waals surface area contributed by atoms with Crippen LogP contribution in [0.15, 0.2) is 68.1 Å². The molecular formula is C20H18O4S2. The van der Waals surface area contributed by atoms with Crippen molar-refractivity contribution < 1.29 is 18.0 Å². The molecule has 134 valence electrons. The Bertz CT molecular complexity index is 942. The van der Waals surface area contributed by atoms with Gasteiger partial charge in [0.1, 0.15) is 4.91 Å². The zero-order chi connectivity index (χ0) is 18.3. The van der Waals surface area contributed by atoms with Gasteiger partial charge in [0.25, 0.3) is 0 Å². The number of allylic oxidation sites excluding steroid dienone is 2. The molecule has 0 spiro atoms. The molecule has 2 aromatic rings. The van der Waals surface area contributed by atoms with Gasteiger partial charge >= 0.3 is 0 Å². The van der Waals surface area contributed by atoms with E-state index in [9.17, 15) is 9.59 Å². The Kier molecular flexibility index (Phi) is 4.52. The van der Waals surface area contributed by atoms with E-state index in [2.05, 4.69) is 0 Å². The van der Waals surface area contributed by atoms with Crippen LogP contribution in [0.25, 0.3) is 0 Å². The number of carbonyl (C=O) groups is 2.